The van der Waals surface area contributed by atoms with Crippen molar-refractivity contribution in [2.24, 2.45) is 17.4 Å². The zero-order valence-corrected chi connectivity index (χ0v) is 41.0. The van der Waals surface area contributed by atoms with Gasteiger partial charge in [0.1, 0.15) is 36.3 Å². The number of amides is 8. The number of carboxylic acids is 1. The minimum Gasteiger partial charge on any atom is -0.480 e. The van der Waals surface area contributed by atoms with Gasteiger partial charge < -0.3 is 64.1 Å². The smallest absolute Gasteiger partial charge is 0.326 e. The number of hydrogen-bond donors (Lipinski definition) is 13. The first kappa shape index (κ1) is 57.1. The Hall–Kier alpha value is -6.17. The number of nitrogens with two attached hydrogens (primary N) is 2. The quantitative estimate of drug-likeness (QED) is 0.0282. The van der Waals surface area contributed by atoms with Gasteiger partial charge in [-0.05, 0) is 80.7 Å². The summed E-state index contributed by atoms with van der Waals surface area (Å²) >= 11 is 5.54. The van der Waals surface area contributed by atoms with Gasteiger partial charge in [-0.25, -0.2) is 4.79 Å². The molecule has 0 unspecified atom stereocenters. The molecule has 23 heteroatoms. The van der Waals surface area contributed by atoms with E-state index in [4.69, 9.17) is 11.5 Å². The number of thioether (sulfide) groups is 1. The van der Waals surface area contributed by atoms with Gasteiger partial charge in [-0.15, -0.1) is 0 Å². The van der Waals surface area contributed by atoms with Crippen LogP contribution in [0.1, 0.15) is 57.6 Å². The van der Waals surface area contributed by atoms with Crippen LogP contribution in [0.15, 0.2) is 60.8 Å². The number of rotatable bonds is 30. The largest absolute Gasteiger partial charge is 0.480 e. The molecule has 1 heterocycles. The molecule has 0 spiro atoms. The minimum atomic E-state index is -1.25. The molecule has 0 saturated heterocycles. The molecule has 14 N–H and O–H groups in total. The number of nitrogens with one attached hydrogen (secondary N) is 9. The van der Waals surface area contributed by atoms with Crippen molar-refractivity contribution in [2.75, 3.05) is 37.4 Å². The topological polar surface area (TPSA) is 338 Å². The summed E-state index contributed by atoms with van der Waals surface area (Å²) in [5.74, 6) is -7.11. The molecule has 0 aliphatic heterocycles. The van der Waals surface area contributed by atoms with E-state index in [9.17, 15) is 48.3 Å². The highest BCUT2D eigenvalue weighted by molar-refractivity contribution is 7.98. The molecule has 69 heavy (non-hydrogen) atoms. The van der Waals surface area contributed by atoms with E-state index >= 15 is 0 Å². The molecule has 0 bridgehead atoms. The fourth-order valence-corrected chi connectivity index (χ4v) is 7.65. The lowest BCUT2D eigenvalue weighted by atomic mass is 9.99. The Bertz CT molecular complexity index is 2210. The molecule has 7 atom stereocenters. The van der Waals surface area contributed by atoms with Crippen molar-refractivity contribution in [3.63, 3.8) is 0 Å². The Morgan fingerprint density at radius 1 is 0.667 bits per heavy atom. The van der Waals surface area contributed by atoms with Crippen molar-refractivity contribution < 1.29 is 48.3 Å². The van der Waals surface area contributed by atoms with E-state index < -0.39 is 115 Å². The zero-order chi connectivity index (χ0) is 51.0. The van der Waals surface area contributed by atoms with Gasteiger partial charge in [0.2, 0.25) is 47.3 Å². The van der Waals surface area contributed by atoms with Crippen LogP contribution in [0.4, 0.5) is 0 Å². The number of aromatic amines is 1. The number of unbranched alkanes of at least 4 members (excludes halogenated alkanes) is 1. The first-order valence-electron chi connectivity index (χ1n) is 22.6. The van der Waals surface area contributed by atoms with Gasteiger partial charge in [-0.3, -0.25) is 38.4 Å². The van der Waals surface area contributed by atoms with Gasteiger partial charge in [-0.2, -0.15) is 24.4 Å². The van der Waals surface area contributed by atoms with Crippen molar-refractivity contribution in [2.45, 2.75) is 102 Å². The maximum absolute atomic E-state index is 13.7. The van der Waals surface area contributed by atoms with E-state index in [0.717, 1.165) is 16.5 Å². The predicted molar refractivity (Wildman–Crippen MR) is 266 cm³/mol. The first-order chi connectivity index (χ1) is 32.9. The van der Waals surface area contributed by atoms with Gasteiger partial charge in [0.15, 0.2) is 0 Å². The molecule has 0 radical (unpaired) electrons. The van der Waals surface area contributed by atoms with Crippen LogP contribution in [-0.2, 0) is 56.0 Å². The summed E-state index contributed by atoms with van der Waals surface area (Å²) < 4.78 is 0. The van der Waals surface area contributed by atoms with Crippen molar-refractivity contribution in [3.05, 3.63) is 71.9 Å². The fourth-order valence-electron chi connectivity index (χ4n) is 6.93. The van der Waals surface area contributed by atoms with Crippen LogP contribution in [0.2, 0.25) is 0 Å². The van der Waals surface area contributed by atoms with Gasteiger partial charge in [0.25, 0.3) is 0 Å². The number of hydrogen-bond acceptors (Lipinski definition) is 13. The molecule has 0 aliphatic rings. The van der Waals surface area contributed by atoms with E-state index in [1.54, 1.807) is 56.6 Å². The summed E-state index contributed by atoms with van der Waals surface area (Å²) in [5, 5.41) is 30.7. The number of carbonyl (C=O) groups is 9. The third-order valence-corrected chi connectivity index (χ3v) is 11.9. The Balaban J connectivity index is 1.55. The summed E-state index contributed by atoms with van der Waals surface area (Å²) in [7, 11) is 0. The van der Waals surface area contributed by atoms with Crippen molar-refractivity contribution in [1.82, 2.24) is 47.5 Å². The maximum atomic E-state index is 13.7. The summed E-state index contributed by atoms with van der Waals surface area (Å²) in [6, 6.07) is 8.42. The van der Waals surface area contributed by atoms with Gasteiger partial charge >= 0.3 is 5.97 Å². The Labute approximate surface area is 411 Å². The number of para-hydroxylation sites is 1. The van der Waals surface area contributed by atoms with Crippen molar-refractivity contribution in [1.29, 1.82) is 0 Å². The molecule has 3 aromatic rings. The molecule has 2 aromatic carbocycles. The predicted octanol–water partition coefficient (Wildman–Crippen LogP) is -1.01. The third kappa shape index (κ3) is 19.4. The van der Waals surface area contributed by atoms with E-state index in [1.807, 2.05) is 24.3 Å². The number of carboxylic acid groups (broad SMARTS) is 1. The lowest BCUT2D eigenvalue weighted by Gasteiger charge is -2.26. The van der Waals surface area contributed by atoms with Crippen LogP contribution in [0.25, 0.3) is 10.9 Å². The van der Waals surface area contributed by atoms with E-state index in [1.165, 1.54) is 18.7 Å². The molecule has 3 rings (SSSR count). The standard InChI is InChI=1S/C46H67N11O10S2/c1-26(2)39(57-41(61)31(48)21-29-22-49-32-15-9-8-14-30(29)32)45(65)55-35(20-28-12-6-5-7-13-28)42(62)51-23-37(58)50-24-38(59)52-27(3)40(60)53-33(17-19-69-4)43(63)56-36(25-68)44(64)54-34(46(66)67)16-10-11-18-47/h5-9,12-15,22,26-27,31,33-36,39,49,68H,10-11,16-21,23-25,47-48H2,1-4H3,(H,50,58)(H,51,62)(H,52,59)(H,53,60)(H,54,64)(H,55,65)(H,56,63)(H,57,61)(H,66,67)/t27-,31-,33-,34-,35-,36-,39-/m0/s1. The van der Waals surface area contributed by atoms with E-state index in [-0.39, 0.29) is 31.4 Å². The second kappa shape index (κ2) is 29.7. The number of aliphatic carboxylic acids is 1. The van der Waals surface area contributed by atoms with Crippen molar-refractivity contribution in [3.8, 4) is 0 Å². The number of thiol groups is 1. The Kier molecular flexibility index (Phi) is 24.6. The number of benzene rings is 2. The van der Waals surface area contributed by atoms with Crippen LogP contribution in [-0.4, -0.2) is 143 Å². The second-order valence-electron chi connectivity index (χ2n) is 16.7. The Morgan fingerprint density at radius 3 is 1.94 bits per heavy atom. The minimum absolute atomic E-state index is 0.0370. The molecular formula is C46H67N11O10S2. The van der Waals surface area contributed by atoms with Gasteiger partial charge in [-0.1, -0.05) is 62.4 Å². The van der Waals surface area contributed by atoms with Gasteiger partial charge in [0, 0.05) is 29.3 Å². The molecule has 21 nitrogen and oxygen atoms in total. The number of H-pyrrole nitrogens is 1. The molecular weight excluding hydrogens is 931 g/mol. The zero-order valence-electron chi connectivity index (χ0n) is 39.3. The highest BCUT2D eigenvalue weighted by Crippen LogP contribution is 2.19. The highest BCUT2D eigenvalue weighted by Gasteiger charge is 2.32. The third-order valence-electron chi connectivity index (χ3n) is 10.9. The van der Waals surface area contributed by atoms with E-state index in [0.29, 0.717) is 30.7 Å². The van der Waals surface area contributed by atoms with E-state index in [2.05, 4.69) is 60.1 Å². The molecule has 0 saturated carbocycles. The highest BCUT2D eigenvalue weighted by atomic mass is 32.2. The van der Waals surface area contributed by atoms with Gasteiger partial charge in [0.05, 0.1) is 19.1 Å². The van der Waals surface area contributed by atoms with Crippen LogP contribution in [0, 0.1) is 5.92 Å². The fraction of sp³-hybridized carbons (Fsp3) is 0.500. The molecule has 0 aliphatic carbocycles. The summed E-state index contributed by atoms with van der Waals surface area (Å²) in [5.41, 5.74) is 14.2. The molecule has 1 aromatic heterocycles. The summed E-state index contributed by atoms with van der Waals surface area (Å²) in [6.07, 6.45) is 5.12. The number of carbonyl (C=O) groups excluding carboxylic acids is 8. The maximum Gasteiger partial charge on any atom is 0.326 e. The second-order valence-corrected chi connectivity index (χ2v) is 18.1. The summed E-state index contributed by atoms with van der Waals surface area (Å²) in [4.78, 5) is 120. The lowest BCUT2D eigenvalue weighted by Crippen LogP contribution is -2.58. The van der Waals surface area contributed by atoms with Crippen LogP contribution in [0.5, 0.6) is 0 Å². The first-order valence-corrected chi connectivity index (χ1v) is 24.6. The van der Waals surface area contributed by atoms with Crippen molar-refractivity contribution >= 4 is 88.5 Å². The average molecular weight is 998 g/mol. The van der Waals surface area contributed by atoms with Crippen LogP contribution in [0.3, 0.4) is 0 Å². The lowest BCUT2D eigenvalue weighted by molar-refractivity contribution is -0.142. The molecule has 8 amide bonds. The summed E-state index contributed by atoms with van der Waals surface area (Å²) in [6.45, 7) is 4.01. The molecule has 0 fully saturated rings. The van der Waals surface area contributed by atoms with Crippen LogP contribution >= 0.6 is 24.4 Å². The number of fused-ring (bicyclic) bond motifs is 1. The normalized spacial score (nSPS) is 14.1. The van der Waals surface area contributed by atoms with Crippen LogP contribution < -0.4 is 54.0 Å². The Morgan fingerprint density at radius 2 is 1.29 bits per heavy atom. The molecule has 378 valence electrons. The SMILES string of the molecule is CSCC[C@H](NC(=O)[C@H](C)NC(=O)CNC(=O)CNC(=O)[C@H](Cc1ccccc1)NC(=O)[C@@H](NC(=O)[C@@H](N)Cc1c[nH]c2ccccc12)C(C)C)C(=O)N[C@@H](CS)C(=O)N[C@@H](CCCCN)C(=O)O. The average Bonchev–Trinajstić information content (AvgIpc) is 3.73. The number of aromatic nitrogens is 1. The monoisotopic (exact) mass is 997 g/mol.